The van der Waals surface area contributed by atoms with E-state index in [2.05, 4.69) is 56.9 Å². The molecule has 2 heterocycles. The van der Waals surface area contributed by atoms with Crippen LogP contribution in [0.25, 0.3) is 5.69 Å². The lowest BCUT2D eigenvalue weighted by atomic mass is 10.2. The molecule has 0 unspecified atom stereocenters. The predicted molar refractivity (Wildman–Crippen MR) is 90.1 cm³/mol. The van der Waals surface area contributed by atoms with Crippen molar-refractivity contribution in [3.05, 3.63) is 29.8 Å². The molecule has 6 nitrogen and oxygen atoms in total. The van der Waals surface area contributed by atoms with E-state index in [0.29, 0.717) is 25.4 Å². The molecule has 7 heteroatoms. The van der Waals surface area contributed by atoms with Gasteiger partial charge in [-0.05, 0) is 19.1 Å². The largest absolute Gasteiger partial charge is 0.378 e. The SMILES string of the molecule is Cc1ccc(-n2c(SCCC#N)nnc2N2CCOCC2)cc1. The van der Waals surface area contributed by atoms with Crippen molar-refractivity contribution in [2.24, 2.45) is 0 Å². The zero-order chi connectivity index (χ0) is 16.1. The van der Waals surface area contributed by atoms with Crippen molar-refractivity contribution in [1.82, 2.24) is 14.8 Å². The number of aryl methyl sites for hydroxylation is 1. The van der Waals surface area contributed by atoms with Gasteiger partial charge in [-0.2, -0.15) is 5.26 Å². The topological polar surface area (TPSA) is 67.0 Å². The highest BCUT2D eigenvalue weighted by Gasteiger charge is 2.21. The van der Waals surface area contributed by atoms with Crippen molar-refractivity contribution >= 4 is 17.7 Å². The molecule has 1 saturated heterocycles. The van der Waals surface area contributed by atoms with Crippen LogP contribution in [0, 0.1) is 18.3 Å². The van der Waals surface area contributed by atoms with E-state index in [4.69, 9.17) is 10.00 Å². The number of nitriles is 1. The van der Waals surface area contributed by atoms with Crippen molar-refractivity contribution in [1.29, 1.82) is 5.26 Å². The molecular formula is C16H19N5OS. The van der Waals surface area contributed by atoms with Gasteiger partial charge in [-0.3, -0.25) is 4.57 Å². The lowest BCUT2D eigenvalue weighted by molar-refractivity contribution is 0.122. The second kappa shape index (κ2) is 7.49. The maximum absolute atomic E-state index is 8.74. The van der Waals surface area contributed by atoms with Crippen LogP contribution >= 0.6 is 11.8 Å². The number of benzene rings is 1. The minimum atomic E-state index is 0.498. The van der Waals surface area contributed by atoms with E-state index in [1.165, 1.54) is 5.56 Å². The molecule has 1 aliphatic heterocycles. The Bertz CT molecular complexity index is 685. The van der Waals surface area contributed by atoms with Gasteiger partial charge < -0.3 is 9.64 Å². The quantitative estimate of drug-likeness (QED) is 0.620. The summed E-state index contributed by atoms with van der Waals surface area (Å²) in [7, 11) is 0. The van der Waals surface area contributed by atoms with Crippen molar-refractivity contribution in [2.45, 2.75) is 18.5 Å². The van der Waals surface area contributed by atoms with Crippen LogP contribution in [-0.4, -0.2) is 46.8 Å². The van der Waals surface area contributed by atoms with Crippen LogP contribution in [0.2, 0.25) is 0 Å². The summed E-state index contributed by atoms with van der Waals surface area (Å²) < 4.78 is 7.50. The monoisotopic (exact) mass is 329 g/mol. The number of hydrogen-bond donors (Lipinski definition) is 0. The van der Waals surface area contributed by atoms with Crippen LogP contribution in [0.3, 0.4) is 0 Å². The smallest absolute Gasteiger partial charge is 0.232 e. The van der Waals surface area contributed by atoms with Gasteiger partial charge in [0.05, 0.1) is 25.0 Å². The van der Waals surface area contributed by atoms with Crippen molar-refractivity contribution in [2.75, 3.05) is 37.0 Å². The lowest BCUT2D eigenvalue weighted by Crippen LogP contribution is -2.37. The Morgan fingerprint density at radius 1 is 1.22 bits per heavy atom. The molecule has 1 aromatic carbocycles. The van der Waals surface area contributed by atoms with Crippen molar-refractivity contribution < 1.29 is 4.74 Å². The molecule has 1 fully saturated rings. The van der Waals surface area contributed by atoms with Crippen LogP contribution in [0.15, 0.2) is 29.4 Å². The summed E-state index contributed by atoms with van der Waals surface area (Å²) in [6, 6.07) is 10.5. The van der Waals surface area contributed by atoms with Gasteiger partial charge in [-0.25, -0.2) is 0 Å². The van der Waals surface area contributed by atoms with E-state index in [-0.39, 0.29) is 0 Å². The normalized spacial score (nSPS) is 14.7. The minimum Gasteiger partial charge on any atom is -0.378 e. The van der Waals surface area contributed by atoms with E-state index in [1.54, 1.807) is 11.8 Å². The first-order chi connectivity index (χ1) is 11.3. The first-order valence-electron chi connectivity index (χ1n) is 7.64. The van der Waals surface area contributed by atoms with Crippen LogP contribution in [0.5, 0.6) is 0 Å². The van der Waals surface area contributed by atoms with Crippen LogP contribution in [-0.2, 0) is 4.74 Å². The van der Waals surface area contributed by atoms with Crippen LogP contribution in [0.4, 0.5) is 5.95 Å². The number of hydrogen-bond acceptors (Lipinski definition) is 6. The van der Waals surface area contributed by atoms with Gasteiger partial charge in [-0.15, -0.1) is 10.2 Å². The fourth-order valence-corrected chi connectivity index (χ4v) is 3.22. The second-order valence-corrected chi connectivity index (χ2v) is 6.37. The van der Waals surface area contributed by atoms with Gasteiger partial charge in [0.1, 0.15) is 0 Å². The highest BCUT2D eigenvalue weighted by atomic mass is 32.2. The Balaban J connectivity index is 1.95. The minimum absolute atomic E-state index is 0.498. The Labute approximate surface area is 140 Å². The molecule has 0 spiro atoms. The average Bonchev–Trinajstić information content (AvgIpc) is 3.00. The molecule has 0 N–H and O–H groups in total. The molecule has 0 radical (unpaired) electrons. The zero-order valence-corrected chi connectivity index (χ0v) is 13.9. The van der Waals surface area contributed by atoms with E-state index in [1.807, 2.05) is 0 Å². The predicted octanol–water partition coefficient (Wildman–Crippen LogP) is 2.42. The Morgan fingerprint density at radius 3 is 2.65 bits per heavy atom. The maximum Gasteiger partial charge on any atom is 0.232 e. The summed E-state index contributed by atoms with van der Waals surface area (Å²) in [6.45, 7) is 5.11. The molecule has 1 aliphatic rings. The third-order valence-electron chi connectivity index (χ3n) is 3.65. The summed E-state index contributed by atoms with van der Waals surface area (Å²) in [6.07, 6.45) is 0.498. The van der Waals surface area contributed by atoms with Gasteiger partial charge >= 0.3 is 0 Å². The van der Waals surface area contributed by atoms with E-state index in [9.17, 15) is 0 Å². The summed E-state index contributed by atoms with van der Waals surface area (Å²) in [5, 5.41) is 18.3. The van der Waals surface area contributed by atoms with Crippen molar-refractivity contribution in [3.8, 4) is 11.8 Å². The Morgan fingerprint density at radius 2 is 1.96 bits per heavy atom. The average molecular weight is 329 g/mol. The molecule has 2 aromatic rings. The standard InChI is InChI=1S/C16H19N5OS/c1-13-3-5-14(6-4-13)21-15(20-8-10-22-11-9-20)18-19-16(21)23-12-2-7-17/h3-6H,2,8-12H2,1H3. The van der Waals surface area contributed by atoms with Gasteiger partial charge in [0.15, 0.2) is 5.16 Å². The number of thioether (sulfide) groups is 1. The first-order valence-corrected chi connectivity index (χ1v) is 8.63. The van der Waals surface area contributed by atoms with Crippen molar-refractivity contribution in [3.63, 3.8) is 0 Å². The maximum atomic E-state index is 8.74. The number of rotatable bonds is 5. The number of ether oxygens (including phenoxy) is 1. The Kier molecular flexibility index (Phi) is 5.16. The molecule has 3 rings (SSSR count). The van der Waals surface area contributed by atoms with E-state index >= 15 is 0 Å². The molecule has 0 saturated carbocycles. The summed E-state index contributed by atoms with van der Waals surface area (Å²) in [5.41, 5.74) is 2.26. The number of anilines is 1. The highest BCUT2D eigenvalue weighted by Crippen LogP contribution is 2.27. The molecule has 0 aliphatic carbocycles. The summed E-state index contributed by atoms with van der Waals surface area (Å²) in [5.74, 6) is 1.56. The lowest BCUT2D eigenvalue weighted by Gasteiger charge is -2.27. The van der Waals surface area contributed by atoms with Gasteiger partial charge in [0, 0.05) is 25.3 Å². The summed E-state index contributed by atoms with van der Waals surface area (Å²) >= 11 is 1.56. The van der Waals surface area contributed by atoms with Gasteiger partial charge in [-0.1, -0.05) is 29.5 Å². The third kappa shape index (κ3) is 3.66. The molecule has 23 heavy (non-hydrogen) atoms. The first kappa shape index (κ1) is 15.8. The molecule has 0 bridgehead atoms. The van der Waals surface area contributed by atoms with Gasteiger partial charge in [0.2, 0.25) is 5.95 Å². The molecule has 0 atom stereocenters. The second-order valence-electron chi connectivity index (χ2n) is 5.31. The number of nitrogens with zero attached hydrogens (tertiary/aromatic N) is 5. The molecule has 120 valence electrons. The Hall–Kier alpha value is -2.04. The number of aromatic nitrogens is 3. The van der Waals surface area contributed by atoms with Crippen LogP contribution in [0.1, 0.15) is 12.0 Å². The fourth-order valence-electron chi connectivity index (χ4n) is 2.43. The summed E-state index contributed by atoms with van der Waals surface area (Å²) in [4.78, 5) is 2.20. The third-order valence-corrected chi connectivity index (χ3v) is 4.58. The molecule has 1 aromatic heterocycles. The molecular weight excluding hydrogens is 310 g/mol. The van der Waals surface area contributed by atoms with Gasteiger partial charge in [0.25, 0.3) is 0 Å². The van der Waals surface area contributed by atoms with Crippen LogP contribution < -0.4 is 4.90 Å². The molecule has 0 amide bonds. The zero-order valence-electron chi connectivity index (χ0n) is 13.1. The fraction of sp³-hybridized carbons (Fsp3) is 0.438. The number of morpholine rings is 1. The highest BCUT2D eigenvalue weighted by molar-refractivity contribution is 7.99. The van der Waals surface area contributed by atoms with E-state index < -0.39 is 0 Å². The van der Waals surface area contributed by atoms with E-state index in [0.717, 1.165) is 29.9 Å².